The van der Waals surface area contributed by atoms with Gasteiger partial charge in [0, 0.05) is 31.0 Å². The Morgan fingerprint density at radius 2 is 2.40 bits per heavy atom. The van der Waals surface area contributed by atoms with E-state index in [0.717, 1.165) is 43.3 Å². The van der Waals surface area contributed by atoms with Crippen molar-refractivity contribution in [2.75, 3.05) is 25.4 Å². The number of aryl methyl sites for hydroxylation is 1. The van der Waals surface area contributed by atoms with Gasteiger partial charge in [0.2, 0.25) is 0 Å². The maximum Gasteiger partial charge on any atom is 0.112 e. The van der Waals surface area contributed by atoms with Crippen molar-refractivity contribution in [1.29, 1.82) is 0 Å². The largest absolute Gasteiger partial charge is 0.399 e. The number of pyridine rings is 1. The first kappa shape index (κ1) is 13.5. The van der Waals surface area contributed by atoms with Gasteiger partial charge in [0.25, 0.3) is 0 Å². The molecule has 0 amide bonds. The van der Waals surface area contributed by atoms with Crippen LogP contribution in [0.1, 0.15) is 23.1 Å². The van der Waals surface area contributed by atoms with Gasteiger partial charge in [-0.25, -0.2) is 0 Å². The number of hydrogen-bond acceptors (Lipinski definition) is 5. The van der Waals surface area contributed by atoms with Gasteiger partial charge in [-0.15, -0.1) is 0 Å². The van der Waals surface area contributed by atoms with Crippen LogP contribution in [0.5, 0.6) is 0 Å². The third kappa shape index (κ3) is 3.17. The van der Waals surface area contributed by atoms with Gasteiger partial charge in [0.1, 0.15) is 6.10 Å². The van der Waals surface area contributed by atoms with Crippen LogP contribution >= 0.6 is 11.3 Å². The topological polar surface area (TPSA) is 51.4 Å². The zero-order chi connectivity index (χ0) is 13.9. The first-order valence-electron chi connectivity index (χ1n) is 6.80. The molecule has 106 valence electrons. The number of ether oxygens (including phenoxy) is 1. The monoisotopic (exact) mass is 289 g/mol. The van der Waals surface area contributed by atoms with E-state index >= 15 is 0 Å². The van der Waals surface area contributed by atoms with Crippen molar-refractivity contribution >= 4 is 17.0 Å². The lowest BCUT2D eigenvalue weighted by Crippen LogP contribution is -2.38. The average molecular weight is 289 g/mol. The van der Waals surface area contributed by atoms with Gasteiger partial charge in [-0.1, -0.05) is 0 Å². The third-order valence-corrected chi connectivity index (χ3v) is 4.19. The molecule has 5 heteroatoms. The molecule has 1 aliphatic rings. The summed E-state index contributed by atoms with van der Waals surface area (Å²) in [6, 6.07) is 5.99. The Morgan fingerprint density at radius 3 is 3.15 bits per heavy atom. The van der Waals surface area contributed by atoms with Crippen molar-refractivity contribution < 1.29 is 4.74 Å². The molecule has 0 aromatic carbocycles. The predicted molar refractivity (Wildman–Crippen MR) is 81.7 cm³/mol. The number of aromatic nitrogens is 1. The van der Waals surface area contributed by atoms with Crippen LogP contribution in [0, 0.1) is 6.92 Å². The van der Waals surface area contributed by atoms with Crippen LogP contribution < -0.4 is 5.73 Å². The van der Waals surface area contributed by atoms with Crippen molar-refractivity contribution in [3.63, 3.8) is 0 Å². The number of morpholine rings is 1. The summed E-state index contributed by atoms with van der Waals surface area (Å²) in [5.41, 5.74) is 9.91. The number of thiophene rings is 1. The van der Waals surface area contributed by atoms with Crippen LogP contribution in [0.4, 0.5) is 5.69 Å². The lowest BCUT2D eigenvalue weighted by atomic mass is 10.1. The summed E-state index contributed by atoms with van der Waals surface area (Å²) >= 11 is 1.74. The van der Waals surface area contributed by atoms with Crippen molar-refractivity contribution in [2.24, 2.45) is 0 Å². The zero-order valence-electron chi connectivity index (χ0n) is 11.6. The Labute approximate surface area is 123 Å². The minimum atomic E-state index is 0.0181. The first-order valence-corrected chi connectivity index (χ1v) is 7.74. The smallest absolute Gasteiger partial charge is 0.112 e. The van der Waals surface area contributed by atoms with Crippen LogP contribution in [-0.4, -0.2) is 29.6 Å². The molecule has 20 heavy (non-hydrogen) atoms. The second-order valence-corrected chi connectivity index (χ2v) is 5.97. The molecule has 2 aromatic rings. The highest BCUT2D eigenvalue weighted by molar-refractivity contribution is 7.07. The molecule has 2 aromatic heterocycles. The van der Waals surface area contributed by atoms with E-state index in [9.17, 15) is 0 Å². The molecule has 1 unspecified atom stereocenters. The fourth-order valence-electron chi connectivity index (χ4n) is 2.55. The Morgan fingerprint density at radius 1 is 1.50 bits per heavy atom. The van der Waals surface area contributed by atoms with Crippen LogP contribution in [0.2, 0.25) is 0 Å². The summed E-state index contributed by atoms with van der Waals surface area (Å²) in [5, 5.41) is 4.32. The summed E-state index contributed by atoms with van der Waals surface area (Å²) in [5.74, 6) is 0. The number of rotatable bonds is 3. The van der Waals surface area contributed by atoms with E-state index in [4.69, 9.17) is 10.5 Å². The highest BCUT2D eigenvalue weighted by Crippen LogP contribution is 2.24. The highest BCUT2D eigenvalue weighted by atomic mass is 32.1. The molecule has 3 rings (SSSR count). The molecule has 1 fully saturated rings. The Bertz CT molecular complexity index is 550. The van der Waals surface area contributed by atoms with Crippen molar-refractivity contribution in [1.82, 2.24) is 9.88 Å². The van der Waals surface area contributed by atoms with Gasteiger partial charge in [0.15, 0.2) is 0 Å². The predicted octanol–water partition coefficient (Wildman–Crippen LogP) is 2.61. The normalized spacial score (nSPS) is 20.1. The van der Waals surface area contributed by atoms with E-state index in [2.05, 4.69) is 26.7 Å². The lowest BCUT2D eigenvalue weighted by molar-refractivity contribution is -0.0349. The molecule has 1 aliphatic heterocycles. The number of anilines is 1. The minimum absolute atomic E-state index is 0.0181. The molecule has 1 saturated heterocycles. The Hall–Kier alpha value is -1.43. The van der Waals surface area contributed by atoms with Crippen molar-refractivity contribution in [3.8, 4) is 0 Å². The minimum Gasteiger partial charge on any atom is -0.399 e. The molecule has 0 radical (unpaired) electrons. The molecule has 0 aliphatic carbocycles. The quantitative estimate of drug-likeness (QED) is 0.943. The zero-order valence-corrected chi connectivity index (χ0v) is 12.4. The third-order valence-electron chi connectivity index (χ3n) is 3.46. The standard InChI is InChI=1S/C15H19N3OS/c1-11-6-13(16)7-14(17-11)15-9-18(3-4-19-15)8-12-2-5-20-10-12/h2,5-7,10,15H,3-4,8-9H2,1H3,(H2,16,17). The fourth-order valence-corrected chi connectivity index (χ4v) is 3.21. The maximum absolute atomic E-state index is 5.90. The van der Waals surface area contributed by atoms with Crippen molar-refractivity contribution in [3.05, 3.63) is 45.9 Å². The van der Waals surface area contributed by atoms with E-state index in [1.54, 1.807) is 11.3 Å². The molecule has 0 saturated carbocycles. The Kier molecular flexibility index (Phi) is 4.00. The summed E-state index contributed by atoms with van der Waals surface area (Å²) in [7, 11) is 0. The number of nitrogens with two attached hydrogens (primary N) is 1. The lowest BCUT2D eigenvalue weighted by Gasteiger charge is -2.32. The van der Waals surface area contributed by atoms with Crippen LogP contribution in [0.15, 0.2) is 29.0 Å². The van der Waals surface area contributed by atoms with Crippen molar-refractivity contribution in [2.45, 2.75) is 19.6 Å². The van der Waals surface area contributed by atoms with Gasteiger partial charge >= 0.3 is 0 Å². The molecular weight excluding hydrogens is 270 g/mol. The van der Waals surface area contributed by atoms with Gasteiger partial charge in [0.05, 0.1) is 12.3 Å². The molecule has 2 N–H and O–H groups in total. The summed E-state index contributed by atoms with van der Waals surface area (Å²) < 4.78 is 5.87. The molecule has 4 nitrogen and oxygen atoms in total. The van der Waals surface area contributed by atoms with E-state index in [0.29, 0.717) is 0 Å². The van der Waals surface area contributed by atoms with Gasteiger partial charge in [-0.2, -0.15) is 11.3 Å². The van der Waals surface area contributed by atoms with E-state index in [1.165, 1.54) is 5.56 Å². The average Bonchev–Trinajstić information content (AvgIpc) is 2.91. The van der Waals surface area contributed by atoms with Crippen LogP contribution in [0.3, 0.4) is 0 Å². The first-order chi connectivity index (χ1) is 9.70. The summed E-state index contributed by atoms with van der Waals surface area (Å²) in [4.78, 5) is 6.97. The second kappa shape index (κ2) is 5.91. The van der Waals surface area contributed by atoms with E-state index in [1.807, 2.05) is 19.1 Å². The summed E-state index contributed by atoms with van der Waals surface area (Å²) in [6.45, 7) is 5.51. The maximum atomic E-state index is 5.90. The summed E-state index contributed by atoms with van der Waals surface area (Å²) in [6.07, 6.45) is 0.0181. The number of nitrogen functional groups attached to an aromatic ring is 1. The molecule has 1 atom stereocenters. The van der Waals surface area contributed by atoms with E-state index in [-0.39, 0.29) is 6.10 Å². The second-order valence-electron chi connectivity index (χ2n) is 5.19. The van der Waals surface area contributed by atoms with Crippen LogP contribution in [-0.2, 0) is 11.3 Å². The SMILES string of the molecule is Cc1cc(N)cc(C2CN(Cc3ccsc3)CCO2)n1. The van der Waals surface area contributed by atoms with Gasteiger partial charge in [-0.3, -0.25) is 9.88 Å². The van der Waals surface area contributed by atoms with Gasteiger partial charge in [-0.05, 0) is 41.4 Å². The fraction of sp³-hybridized carbons (Fsp3) is 0.400. The van der Waals surface area contributed by atoms with E-state index < -0.39 is 0 Å². The number of hydrogen-bond donors (Lipinski definition) is 1. The number of nitrogens with zero attached hydrogens (tertiary/aromatic N) is 2. The van der Waals surface area contributed by atoms with Gasteiger partial charge < -0.3 is 10.5 Å². The van der Waals surface area contributed by atoms with Crippen LogP contribution in [0.25, 0.3) is 0 Å². The molecule has 0 spiro atoms. The molecule has 0 bridgehead atoms. The highest BCUT2D eigenvalue weighted by Gasteiger charge is 2.23. The molecular formula is C15H19N3OS. The molecule has 3 heterocycles. The Balaban J connectivity index is 1.71.